The summed E-state index contributed by atoms with van der Waals surface area (Å²) in [4.78, 5) is 2.54. The van der Waals surface area contributed by atoms with Gasteiger partial charge in [0.2, 0.25) is 0 Å². The van der Waals surface area contributed by atoms with Crippen LogP contribution in [0.25, 0.3) is 66.4 Å². The number of fused-ring (bicyclic) bond motifs is 10. The van der Waals surface area contributed by atoms with Crippen molar-refractivity contribution < 1.29 is 0 Å². The van der Waals surface area contributed by atoms with Gasteiger partial charge in [0, 0.05) is 5.39 Å². The first-order valence-corrected chi connectivity index (χ1v) is 20.8. The second kappa shape index (κ2) is 13.7. The molecule has 0 N–H and O–H groups in total. The predicted molar refractivity (Wildman–Crippen MR) is 251 cm³/mol. The Morgan fingerprint density at radius 1 is 0.250 bits per heavy atom. The lowest BCUT2D eigenvalue weighted by atomic mass is 9.63. The second-order valence-corrected chi connectivity index (χ2v) is 16.0. The van der Waals surface area contributed by atoms with Gasteiger partial charge in [-0.3, -0.25) is 0 Å². The minimum atomic E-state index is -0.617. The molecule has 1 heterocycles. The monoisotopic (exact) mass is 761 g/mol. The van der Waals surface area contributed by atoms with Crippen molar-refractivity contribution >= 4 is 27.8 Å². The van der Waals surface area contributed by atoms with Crippen molar-refractivity contribution in [2.75, 3.05) is 4.90 Å². The van der Waals surface area contributed by atoms with E-state index in [1.807, 2.05) is 0 Å². The Morgan fingerprint density at radius 3 is 1.17 bits per heavy atom. The van der Waals surface area contributed by atoms with E-state index >= 15 is 0 Å². The number of hydrogen-bond donors (Lipinski definition) is 0. The van der Waals surface area contributed by atoms with Crippen LogP contribution in [0.5, 0.6) is 0 Å². The van der Waals surface area contributed by atoms with Gasteiger partial charge >= 0.3 is 0 Å². The Hall–Kier alpha value is -7.74. The standard InChI is InChI=1S/C59H39N/c1-3-18-40(19-4-1)45-24-9-11-26-47(45)43-34-36-57-54(38-43)59(52-31-15-13-29-50(52)51-30-14-16-32-53(51)59)55-39-44(48-27-12-10-25-46(48)41-20-5-2-6-21-41)35-37-58(55)60(57)56-33-17-23-42-22-7-8-28-49(42)56/h1-39H. The van der Waals surface area contributed by atoms with Crippen LogP contribution in [0.4, 0.5) is 17.1 Å². The molecule has 0 aromatic heterocycles. The number of rotatable bonds is 5. The fraction of sp³-hybridized carbons (Fsp3) is 0.0169. The largest absolute Gasteiger partial charge is 0.309 e. The molecule has 1 aliphatic heterocycles. The van der Waals surface area contributed by atoms with Crippen molar-refractivity contribution in [2.24, 2.45) is 0 Å². The van der Waals surface area contributed by atoms with E-state index < -0.39 is 5.41 Å². The maximum absolute atomic E-state index is 2.54. The summed E-state index contributed by atoms with van der Waals surface area (Å²) < 4.78 is 0. The van der Waals surface area contributed by atoms with Crippen molar-refractivity contribution in [1.29, 1.82) is 0 Å². The average molecular weight is 762 g/mol. The molecular formula is C59H39N. The van der Waals surface area contributed by atoms with Gasteiger partial charge < -0.3 is 4.90 Å². The van der Waals surface area contributed by atoms with Crippen LogP contribution in [0.15, 0.2) is 237 Å². The first-order chi connectivity index (χ1) is 29.8. The van der Waals surface area contributed by atoms with Crippen molar-refractivity contribution in [3.05, 3.63) is 259 Å². The maximum atomic E-state index is 2.54. The van der Waals surface area contributed by atoms with E-state index in [2.05, 4.69) is 241 Å². The van der Waals surface area contributed by atoms with E-state index in [0.717, 1.165) is 0 Å². The van der Waals surface area contributed by atoms with Crippen LogP contribution in [0.2, 0.25) is 0 Å². The molecule has 0 saturated carbocycles. The van der Waals surface area contributed by atoms with Gasteiger partial charge in [-0.2, -0.15) is 0 Å². The molecule has 0 atom stereocenters. The fourth-order valence-electron chi connectivity index (χ4n) is 10.4. The summed E-state index contributed by atoms with van der Waals surface area (Å²) in [5, 5.41) is 2.44. The number of anilines is 3. The summed E-state index contributed by atoms with van der Waals surface area (Å²) in [5.74, 6) is 0. The van der Waals surface area contributed by atoms with Crippen LogP contribution in [0.1, 0.15) is 22.3 Å². The molecule has 0 radical (unpaired) electrons. The average Bonchev–Trinajstić information content (AvgIpc) is 3.63. The van der Waals surface area contributed by atoms with Crippen molar-refractivity contribution in [3.63, 3.8) is 0 Å². The highest BCUT2D eigenvalue weighted by atomic mass is 15.2. The Balaban J connectivity index is 1.22. The van der Waals surface area contributed by atoms with Crippen LogP contribution >= 0.6 is 0 Å². The topological polar surface area (TPSA) is 3.24 Å². The van der Waals surface area contributed by atoms with Crippen LogP contribution in [-0.2, 0) is 5.41 Å². The molecule has 280 valence electrons. The summed E-state index contributed by atoms with van der Waals surface area (Å²) in [5.41, 5.74) is 20.4. The summed E-state index contributed by atoms with van der Waals surface area (Å²) >= 11 is 0. The van der Waals surface area contributed by atoms with E-state index in [-0.39, 0.29) is 0 Å². The first kappa shape index (κ1) is 34.3. The van der Waals surface area contributed by atoms with Gasteiger partial charge in [0.15, 0.2) is 0 Å². The van der Waals surface area contributed by atoms with E-state index in [9.17, 15) is 0 Å². The zero-order chi connectivity index (χ0) is 39.6. The van der Waals surface area contributed by atoms with Gasteiger partial charge in [-0.15, -0.1) is 0 Å². The van der Waals surface area contributed by atoms with Crippen LogP contribution < -0.4 is 4.90 Å². The third kappa shape index (κ3) is 5.06. The zero-order valence-electron chi connectivity index (χ0n) is 33.0. The number of nitrogens with zero attached hydrogens (tertiary/aromatic N) is 1. The normalized spacial score (nSPS) is 13.1. The summed E-state index contributed by atoms with van der Waals surface area (Å²) in [6, 6.07) is 87.6. The van der Waals surface area contributed by atoms with E-state index in [1.54, 1.807) is 0 Å². The molecule has 1 aliphatic carbocycles. The molecule has 2 aliphatic rings. The molecule has 0 bridgehead atoms. The molecule has 60 heavy (non-hydrogen) atoms. The third-order valence-corrected chi connectivity index (χ3v) is 12.9. The third-order valence-electron chi connectivity index (χ3n) is 12.9. The molecule has 1 heteroatoms. The van der Waals surface area contributed by atoms with Gasteiger partial charge in [0.25, 0.3) is 0 Å². The van der Waals surface area contributed by atoms with Gasteiger partial charge in [-0.1, -0.05) is 206 Å². The molecule has 0 saturated heterocycles. The summed E-state index contributed by atoms with van der Waals surface area (Å²) in [6.07, 6.45) is 0. The van der Waals surface area contributed by atoms with Gasteiger partial charge in [0.1, 0.15) is 0 Å². The van der Waals surface area contributed by atoms with E-state index in [1.165, 1.54) is 106 Å². The van der Waals surface area contributed by atoms with Crippen molar-refractivity contribution in [3.8, 4) is 55.6 Å². The van der Waals surface area contributed by atoms with E-state index in [4.69, 9.17) is 0 Å². The summed E-state index contributed by atoms with van der Waals surface area (Å²) in [7, 11) is 0. The zero-order valence-corrected chi connectivity index (χ0v) is 33.0. The Kier molecular flexibility index (Phi) is 7.83. The van der Waals surface area contributed by atoms with E-state index in [0.29, 0.717) is 0 Å². The molecule has 0 fully saturated rings. The highest BCUT2D eigenvalue weighted by molar-refractivity contribution is 6.04. The minimum Gasteiger partial charge on any atom is -0.309 e. The van der Waals surface area contributed by atoms with Crippen LogP contribution in [0, 0.1) is 0 Å². The molecule has 10 aromatic rings. The molecule has 10 aromatic carbocycles. The van der Waals surface area contributed by atoms with Gasteiger partial charge in [-0.05, 0) is 114 Å². The van der Waals surface area contributed by atoms with Crippen LogP contribution in [0.3, 0.4) is 0 Å². The Bertz CT molecular complexity index is 3080. The quantitative estimate of drug-likeness (QED) is 0.169. The maximum Gasteiger partial charge on any atom is 0.0754 e. The molecule has 1 nitrogen and oxygen atoms in total. The molecule has 0 unspecified atom stereocenters. The Labute approximate surface area is 351 Å². The molecule has 0 amide bonds. The highest BCUT2D eigenvalue weighted by Crippen LogP contribution is 2.64. The van der Waals surface area contributed by atoms with Crippen molar-refractivity contribution in [2.45, 2.75) is 5.41 Å². The number of hydrogen-bond acceptors (Lipinski definition) is 1. The predicted octanol–water partition coefficient (Wildman–Crippen LogP) is 15.7. The smallest absolute Gasteiger partial charge is 0.0754 e. The first-order valence-electron chi connectivity index (χ1n) is 20.8. The minimum absolute atomic E-state index is 0.617. The molecule has 1 spiro atoms. The van der Waals surface area contributed by atoms with Crippen molar-refractivity contribution in [1.82, 2.24) is 0 Å². The van der Waals surface area contributed by atoms with Crippen LogP contribution in [-0.4, -0.2) is 0 Å². The fourth-order valence-corrected chi connectivity index (χ4v) is 10.4. The van der Waals surface area contributed by atoms with Gasteiger partial charge in [0.05, 0.1) is 22.5 Å². The molecule has 12 rings (SSSR count). The Morgan fingerprint density at radius 2 is 0.650 bits per heavy atom. The highest BCUT2D eigenvalue weighted by Gasteiger charge is 2.52. The van der Waals surface area contributed by atoms with Gasteiger partial charge in [-0.25, -0.2) is 0 Å². The number of benzene rings is 10. The lowest BCUT2D eigenvalue weighted by Crippen LogP contribution is -2.36. The summed E-state index contributed by atoms with van der Waals surface area (Å²) in [6.45, 7) is 0. The second-order valence-electron chi connectivity index (χ2n) is 16.0. The lowest BCUT2D eigenvalue weighted by Gasteiger charge is -2.45. The lowest BCUT2D eigenvalue weighted by molar-refractivity contribution is 0.753. The SMILES string of the molecule is c1ccc(-c2ccccc2-c2ccc3c(c2)C2(c4ccccc4-c4ccccc42)c2cc(-c4ccccc4-c4ccccc4)ccc2N3c2cccc3ccccc23)cc1. The molecular weight excluding hydrogens is 723 g/mol.